The molecule has 1 aliphatic heterocycles. The van der Waals surface area contributed by atoms with Crippen LogP contribution in [-0.2, 0) is 16.0 Å². The highest BCUT2D eigenvalue weighted by Crippen LogP contribution is 2.22. The van der Waals surface area contributed by atoms with Gasteiger partial charge in [-0.25, -0.2) is 0 Å². The summed E-state index contributed by atoms with van der Waals surface area (Å²) in [5.74, 6) is 0.487. The molecule has 8 heteroatoms. The van der Waals surface area contributed by atoms with Crippen LogP contribution in [0.5, 0.6) is 5.75 Å². The summed E-state index contributed by atoms with van der Waals surface area (Å²) in [7, 11) is 0. The van der Waals surface area contributed by atoms with Crippen LogP contribution >= 0.6 is 11.3 Å². The van der Waals surface area contributed by atoms with Gasteiger partial charge in [0.05, 0.1) is 0 Å². The SMILES string of the molecule is CCCCc1nnc(NC(=O)C2CCN(C(=O)COc3ccccc3)CC2)s1. The van der Waals surface area contributed by atoms with E-state index >= 15 is 0 Å². The first-order valence-corrected chi connectivity index (χ1v) is 10.6. The summed E-state index contributed by atoms with van der Waals surface area (Å²) in [6.07, 6.45) is 4.36. The van der Waals surface area contributed by atoms with Crippen LogP contribution < -0.4 is 10.1 Å². The fraction of sp³-hybridized carbons (Fsp3) is 0.500. The van der Waals surface area contributed by atoms with Crippen LogP contribution in [0.15, 0.2) is 30.3 Å². The van der Waals surface area contributed by atoms with Crippen LogP contribution in [0.3, 0.4) is 0 Å². The van der Waals surface area contributed by atoms with E-state index in [9.17, 15) is 9.59 Å². The molecule has 1 aromatic heterocycles. The fourth-order valence-electron chi connectivity index (χ4n) is 3.08. The molecule has 0 aliphatic carbocycles. The summed E-state index contributed by atoms with van der Waals surface area (Å²) < 4.78 is 5.52. The first-order chi connectivity index (χ1) is 13.7. The number of nitrogens with zero attached hydrogens (tertiary/aromatic N) is 3. The van der Waals surface area contributed by atoms with Gasteiger partial charge in [-0.2, -0.15) is 0 Å². The Labute approximate surface area is 169 Å². The van der Waals surface area contributed by atoms with Crippen molar-refractivity contribution >= 4 is 28.3 Å². The maximum Gasteiger partial charge on any atom is 0.260 e. The Hall–Kier alpha value is -2.48. The summed E-state index contributed by atoms with van der Waals surface area (Å²) in [6, 6.07) is 9.29. The lowest BCUT2D eigenvalue weighted by atomic mass is 9.96. The summed E-state index contributed by atoms with van der Waals surface area (Å²) in [5.41, 5.74) is 0. The second-order valence-electron chi connectivity index (χ2n) is 6.85. The quantitative estimate of drug-likeness (QED) is 0.733. The Balaban J connectivity index is 1.41. The van der Waals surface area contributed by atoms with Gasteiger partial charge in [-0.3, -0.25) is 9.59 Å². The number of para-hydroxylation sites is 1. The van der Waals surface area contributed by atoms with Crippen LogP contribution in [0.4, 0.5) is 5.13 Å². The number of benzene rings is 1. The first-order valence-electron chi connectivity index (χ1n) is 9.74. The van der Waals surface area contributed by atoms with Crippen LogP contribution in [0.1, 0.15) is 37.6 Å². The minimum Gasteiger partial charge on any atom is -0.484 e. The van der Waals surface area contributed by atoms with Gasteiger partial charge in [0.25, 0.3) is 5.91 Å². The lowest BCUT2D eigenvalue weighted by Crippen LogP contribution is -2.43. The van der Waals surface area contributed by atoms with Crippen molar-refractivity contribution in [3.63, 3.8) is 0 Å². The molecule has 0 spiro atoms. The van der Waals surface area contributed by atoms with E-state index in [4.69, 9.17) is 4.74 Å². The molecule has 7 nitrogen and oxygen atoms in total. The molecule has 1 N–H and O–H groups in total. The topological polar surface area (TPSA) is 84.4 Å². The molecule has 1 aliphatic rings. The Morgan fingerprint density at radius 1 is 1.21 bits per heavy atom. The number of rotatable bonds is 8. The molecule has 150 valence electrons. The zero-order valence-corrected chi connectivity index (χ0v) is 16.9. The van der Waals surface area contributed by atoms with E-state index in [0.717, 1.165) is 24.3 Å². The third kappa shape index (κ3) is 5.76. The number of carbonyl (C=O) groups is 2. The van der Waals surface area contributed by atoms with Gasteiger partial charge in [0.1, 0.15) is 10.8 Å². The van der Waals surface area contributed by atoms with Crippen molar-refractivity contribution in [3.8, 4) is 5.75 Å². The monoisotopic (exact) mass is 402 g/mol. The Morgan fingerprint density at radius 2 is 1.96 bits per heavy atom. The molecular weight excluding hydrogens is 376 g/mol. The van der Waals surface area contributed by atoms with Gasteiger partial charge >= 0.3 is 0 Å². The minimum atomic E-state index is -0.109. The Morgan fingerprint density at radius 3 is 2.68 bits per heavy atom. The molecule has 0 radical (unpaired) electrons. The standard InChI is InChI=1S/C20H26N4O3S/c1-2-3-9-17-22-23-20(28-17)21-19(26)15-10-12-24(13-11-15)18(25)14-27-16-7-5-4-6-8-16/h4-8,15H,2-3,9-14H2,1H3,(H,21,23,26). The number of hydrogen-bond acceptors (Lipinski definition) is 6. The van der Waals surface area contributed by atoms with Crippen molar-refractivity contribution in [2.45, 2.75) is 39.0 Å². The van der Waals surface area contributed by atoms with Gasteiger partial charge in [-0.05, 0) is 31.4 Å². The lowest BCUT2D eigenvalue weighted by molar-refractivity contribution is -0.136. The summed E-state index contributed by atoms with van der Waals surface area (Å²) in [4.78, 5) is 26.6. The predicted octanol–water partition coefficient (Wildman–Crippen LogP) is 3.14. The number of amides is 2. The number of anilines is 1. The highest BCUT2D eigenvalue weighted by atomic mass is 32.1. The second-order valence-corrected chi connectivity index (χ2v) is 7.91. The second kappa shape index (κ2) is 10.2. The van der Waals surface area contributed by atoms with Crippen molar-refractivity contribution in [3.05, 3.63) is 35.3 Å². The van der Waals surface area contributed by atoms with Crippen LogP contribution in [0.2, 0.25) is 0 Å². The number of likely N-dealkylation sites (tertiary alicyclic amines) is 1. The third-order valence-electron chi connectivity index (χ3n) is 4.77. The van der Waals surface area contributed by atoms with Crippen LogP contribution in [0, 0.1) is 5.92 Å². The van der Waals surface area contributed by atoms with Gasteiger partial charge in [0, 0.05) is 25.4 Å². The number of piperidine rings is 1. The van der Waals surface area contributed by atoms with Crippen LogP contribution in [-0.4, -0.2) is 46.6 Å². The maximum absolute atomic E-state index is 12.5. The highest BCUT2D eigenvalue weighted by Gasteiger charge is 2.28. The average molecular weight is 403 g/mol. The molecule has 3 rings (SSSR count). The number of hydrogen-bond donors (Lipinski definition) is 1. The highest BCUT2D eigenvalue weighted by molar-refractivity contribution is 7.15. The Bertz CT molecular complexity index is 773. The minimum absolute atomic E-state index is 0.0200. The van der Waals surface area contributed by atoms with Gasteiger partial charge < -0.3 is 15.0 Å². The van der Waals surface area contributed by atoms with E-state index in [-0.39, 0.29) is 24.3 Å². The Kier molecular flexibility index (Phi) is 7.36. The smallest absolute Gasteiger partial charge is 0.260 e. The van der Waals surface area contributed by atoms with Gasteiger partial charge in [-0.1, -0.05) is 42.9 Å². The molecule has 2 amide bonds. The van der Waals surface area contributed by atoms with E-state index in [2.05, 4.69) is 22.4 Å². The van der Waals surface area contributed by atoms with E-state index in [0.29, 0.717) is 36.8 Å². The van der Waals surface area contributed by atoms with Gasteiger partial charge in [0.2, 0.25) is 11.0 Å². The van der Waals surface area contributed by atoms with Crippen LogP contribution in [0.25, 0.3) is 0 Å². The number of unbranched alkanes of at least 4 members (excludes halogenated alkanes) is 1. The van der Waals surface area contributed by atoms with E-state index in [1.807, 2.05) is 30.3 Å². The zero-order chi connectivity index (χ0) is 19.8. The van der Waals surface area contributed by atoms with Crippen molar-refractivity contribution in [1.82, 2.24) is 15.1 Å². The average Bonchev–Trinajstić information content (AvgIpc) is 3.18. The number of nitrogens with one attached hydrogen (secondary N) is 1. The molecule has 2 heterocycles. The predicted molar refractivity (Wildman–Crippen MR) is 108 cm³/mol. The number of ether oxygens (including phenoxy) is 1. The molecule has 28 heavy (non-hydrogen) atoms. The molecule has 1 aromatic carbocycles. The van der Waals surface area contributed by atoms with Gasteiger partial charge in [0.15, 0.2) is 6.61 Å². The number of carbonyl (C=O) groups excluding carboxylic acids is 2. The van der Waals surface area contributed by atoms with Crippen molar-refractivity contribution < 1.29 is 14.3 Å². The first kappa shape index (κ1) is 20.3. The molecule has 0 saturated carbocycles. The van der Waals surface area contributed by atoms with E-state index in [1.54, 1.807) is 4.90 Å². The fourth-order valence-corrected chi connectivity index (χ4v) is 3.87. The molecular formula is C20H26N4O3S. The largest absolute Gasteiger partial charge is 0.484 e. The molecule has 2 aromatic rings. The molecule has 1 fully saturated rings. The van der Waals surface area contributed by atoms with Gasteiger partial charge in [-0.15, -0.1) is 10.2 Å². The maximum atomic E-state index is 12.5. The van der Waals surface area contributed by atoms with E-state index < -0.39 is 0 Å². The molecule has 0 atom stereocenters. The van der Waals surface area contributed by atoms with Crippen molar-refractivity contribution in [2.75, 3.05) is 25.0 Å². The zero-order valence-electron chi connectivity index (χ0n) is 16.1. The number of aromatic nitrogens is 2. The lowest BCUT2D eigenvalue weighted by Gasteiger charge is -2.31. The van der Waals surface area contributed by atoms with Crippen molar-refractivity contribution in [1.29, 1.82) is 0 Å². The summed E-state index contributed by atoms with van der Waals surface area (Å²) in [5, 5.41) is 12.6. The normalized spacial score (nSPS) is 14.7. The van der Waals surface area contributed by atoms with Crippen molar-refractivity contribution in [2.24, 2.45) is 5.92 Å². The third-order valence-corrected chi connectivity index (χ3v) is 5.66. The summed E-state index contributed by atoms with van der Waals surface area (Å²) >= 11 is 1.44. The molecule has 0 bridgehead atoms. The van der Waals surface area contributed by atoms with E-state index in [1.165, 1.54) is 11.3 Å². The molecule has 1 saturated heterocycles. The molecule has 0 unspecified atom stereocenters. The number of aryl methyl sites for hydroxylation is 1. The summed E-state index contributed by atoms with van der Waals surface area (Å²) in [6.45, 7) is 3.28.